The molecule has 0 saturated carbocycles. The molecule has 1 saturated heterocycles. The van der Waals surface area contributed by atoms with Crippen molar-refractivity contribution in [1.29, 1.82) is 5.26 Å². The van der Waals surface area contributed by atoms with Crippen molar-refractivity contribution in [3.05, 3.63) is 76.8 Å². The van der Waals surface area contributed by atoms with Crippen LogP contribution in [0.5, 0.6) is 0 Å². The van der Waals surface area contributed by atoms with Gasteiger partial charge in [-0.3, -0.25) is 10.3 Å². The van der Waals surface area contributed by atoms with Crippen LogP contribution in [0.4, 0.5) is 5.69 Å². The van der Waals surface area contributed by atoms with Crippen molar-refractivity contribution < 1.29 is 0 Å². The molecule has 1 spiro atoms. The van der Waals surface area contributed by atoms with E-state index in [9.17, 15) is 5.26 Å². The Labute approximate surface area is 165 Å². The Morgan fingerprint density at radius 2 is 2.15 bits per heavy atom. The molecule has 0 radical (unpaired) electrons. The topological polar surface area (TPSA) is 48.2 Å². The average molecular weight is 376 g/mol. The summed E-state index contributed by atoms with van der Waals surface area (Å²) in [5, 5.41) is 14.0. The Bertz CT molecular complexity index is 958. The maximum atomic E-state index is 9.71. The Morgan fingerprint density at radius 1 is 1.33 bits per heavy atom. The fourth-order valence-electron chi connectivity index (χ4n) is 4.63. The van der Waals surface area contributed by atoms with Crippen molar-refractivity contribution in [2.24, 2.45) is 4.99 Å². The molecule has 2 aliphatic rings. The minimum absolute atomic E-state index is 0.0581. The van der Waals surface area contributed by atoms with Crippen LogP contribution in [0.3, 0.4) is 0 Å². The summed E-state index contributed by atoms with van der Waals surface area (Å²) in [6.45, 7) is 6.45. The highest BCUT2D eigenvalue weighted by Gasteiger charge is 2.54. The summed E-state index contributed by atoms with van der Waals surface area (Å²) in [5.41, 5.74) is 4.04. The van der Waals surface area contributed by atoms with Gasteiger partial charge in [0.15, 0.2) is 0 Å². The third kappa shape index (κ3) is 2.81. The Kier molecular flexibility index (Phi) is 4.63. The predicted octanol–water partition coefficient (Wildman–Crippen LogP) is 5.30. The highest BCUT2D eigenvalue weighted by Crippen LogP contribution is 2.53. The van der Waals surface area contributed by atoms with Gasteiger partial charge in [0, 0.05) is 23.2 Å². The molecule has 4 atom stereocenters. The Balaban J connectivity index is 1.95. The van der Waals surface area contributed by atoms with Crippen molar-refractivity contribution in [2.45, 2.75) is 43.2 Å². The molecule has 2 aromatic rings. The summed E-state index contributed by atoms with van der Waals surface area (Å²) < 4.78 is 0. The molecule has 27 heavy (non-hydrogen) atoms. The van der Waals surface area contributed by atoms with Crippen molar-refractivity contribution >= 4 is 23.5 Å². The number of hydrogen-bond acceptors (Lipinski definition) is 3. The van der Waals surface area contributed by atoms with Gasteiger partial charge >= 0.3 is 0 Å². The van der Waals surface area contributed by atoms with Gasteiger partial charge in [-0.05, 0) is 42.2 Å². The summed E-state index contributed by atoms with van der Waals surface area (Å²) in [4.78, 5) is 4.77. The second kappa shape index (κ2) is 6.96. The van der Waals surface area contributed by atoms with Gasteiger partial charge < -0.3 is 0 Å². The molecule has 1 fully saturated rings. The fourth-order valence-corrected chi connectivity index (χ4v) is 4.83. The number of rotatable bonds is 3. The molecule has 4 rings (SSSR count). The second-order valence-electron chi connectivity index (χ2n) is 7.34. The summed E-state index contributed by atoms with van der Waals surface area (Å²) >= 11 is 6.32. The lowest BCUT2D eigenvalue weighted by atomic mass is 9.59. The van der Waals surface area contributed by atoms with Crippen LogP contribution < -0.4 is 5.32 Å². The number of piperidine rings is 1. The molecule has 1 N–H and O–H groups in total. The van der Waals surface area contributed by atoms with Crippen molar-refractivity contribution in [3.8, 4) is 6.07 Å². The number of para-hydroxylation sites is 1. The van der Waals surface area contributed by atoms with E-state index < -0.39 is 0 Å². The monoisotopic (exact) mass is 375 g/mol. The van der Waals surface area contributed by atoms with Gasteiger partial charge in [0.25, 0.3) is 0 Å². The van der Waals surface area contributed by atoms with Crippen molar-refractivity contribution in [3.63, 3.8) is 0 Å². The smallest absolute Gasteiger partial charge is 0.0964 e. The van der Waals surface area contributed by atoms with Gasteiger partial charge in [0.2, 0.25) is 0 Å². The van der Waals surface area contributed by atoms with E-state index in [-0.39, 0.29) is 23.4 Å². The van der Waals surface area contributed by atoms with E-state index >= 15 is 0 Å². The molecule has 3 nitrogen and oxygen atoms in total. The molecule has 2 aliphatic heterocycles. The number of fused-ring (bicyclic) bond motifs is 2. The van der Waals surface area contributed by atoms with Crippen LogP contribution >= 0.6 is 11.6 Å². The zero-order valence-electron chi connectivity index (χ0n) is 15.3. The first-order chi connectivity index (χ1) is 13.1. The Hall–Kier alpha value is -2.41. The highest BCUT2D eigenvalue weighted by molar-refractivity contribution is 6.30. The highest BCUT2D eigenvalue weighted by atomic mass is 35.5. The van der Waals surface area contributed by atoms with Crippen LogP contribution in [0.15, 0.2) is 65.7 Å². The number of benzene rings is 2. The first-order valence-corrected chi connectivity index (χ1v) is 9.71. The molecule has 2 heterocycles. The molecule has 2 aromatic carbocycles. The number of halogens is 1. The van der Waals surface area contributed by atoms with Crippen LogP contribution in [0.2, 0.25) is 5.02 Å². The molecule has 0 amide bonds. The van der Waals surface area contributed by atoms with E-state index in [4.69, 9.17) is 16.6 Å². The quantitative estimate of drug-likeness (QED) is 0.740. The van der Waals surface area contributed by atoms with Gasteiger partial charge in [-0.15, -0.1) is 0 Å². The number of hydrogen-bond donors (Lipinski definition) is 1. The van der Waals surface area contributed by atoms with Crippen LogP contribution in [-0.2, 0) is 5.41 Å². The number of aliphatic imine (C=N–C) groups is 1. The first kappa shape index (κ1) is 18.0. The molecule has 1 unspecified atom stereocenters. The van der Waals surface area contributed by atoms with Gasteiger partial charge in [-0.2, -0.15) is 5.26 Å². The third-order valence-electron chi connectivity index (χ3n) is 5.95. The van der Waals surface area contributed by atoms with Crippen LogP contribution in [-0.4, -0.2) is 18.3 Å². The SMILES string of the molecule is C=C(CC)[C@H]1NC(C#N)C[C@@H](c2cccc(Cl)c2)[C@]12C=Nc1ccccc12. The molecule has 0 bridgehead atoms. The normalized spacial score (nSPS) is 28.7. The minimum Gasteiger partial charge on any atom is -0.294 e. The van der Waals surface area contributed by atoms with Gasteiger partial charge in [0.05, 0.1) is 23.2 Å². The van der Waals surface area contributed by atoms with Crippen LogP contribution in [0, 0.1) is 11.3 Å². The summed E-state index contributed by atoms with van der Waals surface area (Å²) in [5.74, 6) is 0.0859. The second-order valence-corrected chi connectivity index (χ2v) is 7.78. The fraction of sp³-hybridized carbons (Fsp3) is 0.304. The Morgan fingerprint density at radius 3 is 2.89 bits per heavy atom. The van der Waals surface area contributed by atoms with Crippen LogP contribution in [0.25, 0.3) is 0 Å². The number of nitrogens with one attached hydrogen (secondary N) is 1. The molecule has 4 heteroatoms. The van der Waals surface area contributed by atoms with E-state index in [0.717, 1.165) is 23.2 Å². The largest absolute Gasteiger partial charge is 0.294 e. The van der Waals surface area contributed by atoms with E-state index in [1.165, 1.54) is 5.56 Å². The van der Waals surface area contributed by atoms with Crippen molar-refractivity contribution in [2.75, 3.05) is 0 Å². The minimum atomic E-state index is -0.373. The van der Waals surface area contributed by atoms with Crippen LogP contribution in [0.1, 0.15) is 36.8 Å². The first-order valence-electron chi connectivity index (χ1n) is 9.33. The maximum absolute atomic E-state index is 9.71. The van der Waals surface area contributed by atoms with E-state index in [1.807, 2.05) is 24.3 Å². The van der Waals surface area contributed by atoms with Gasteiger partial charge in [-0.1, -0.05) is 61.0 Å². The average Bonchev–Trinajstić information content (AvgIpc) is 3.07. The predicted molar refractivity (Wildman–Crippen MR) is 111 cm³/mol. The van der Waals surface area contributed by atoms with E-state index in [1.54, 1.807) is 0 Å². The third-order valence-corrected chi connectivity index (χ3v) is 6.19. The molecule has 0 aromatic heterocycles. The maximum Gasteiger partial charge on any atom is 0.0964 e. The van der Waals surface area contributed by atoms with Gasteiger partial charge in [-0.25, -0.2) is 0 Å². The number of nitrogens with zero attached hydrogens (tertiary/aromatic N) is 2. The standard InChI is InChI=1S/C23H22ClN3/c1-3-15(2)22-23(14-26-21-10-5-4-9-19(21)23)20(12-18(13-25)27-22)16-7-6-8-17(24)11-16/h4-11,14,18,20,22,27H,2-3,12H2,1H3/t18?,20-,22+,23+/m0/s1. The summed E-state index contributed by atoms with van der Waals surface area (Å²) in [7, 11) is 0. The van der Waals surface area contributed by atoms with E-state index in [0.29, 0.717) is 11.4 Å². The zero-order valence-corrected chi connectivity index (χ0v) is 16.1. The lowest BCUT2D eigenvalue weighted by Crippen LogP contribution is -2.60. The van der Waals surface area contributed by atoms with Gasteiger partial charge in [0.1, 0.15) is 0 Å². The zero-order chi connectivity index (χ0) is 19.0. The lowest BCUT2D eigenvalue weighted by molar-refractivity contribution is 0.263. The number of nitriles is 1. The molecular formula is C23H22ClN3. The summed E-state index contributed by atoms with van der Waals surface area (Å²) in [6, 6.07) is 18.4. The van der Waals surface area contributed by atoms with E-state index in [2.05, 4.69) is 55.4 Å². The van der Waals surface area contributed by atoms with Crippen molar-refractivity contribution in [1.82, 2.24) is 5.32 Å². The molecule has 0 aliphatic carbocycles. The molecular weight excluding hydrogens is 354 g/mol. The summed E-state index contributed by atoms with van der Waals surface area (Å²) in [6.07, 6.45) is 3.62. The lowest BCUT2D eigenvalue weighted by Gasteiger charge is -2.49. The molecule has 136 valence electrons.